The van der Waals surface area contributed by atoms with Crippen molar-refractivity contribution >= 4 is 17.6 Å². The summed E-state index contributed by atoms with van der Waals surface area (Å²) in [4.78, 5) is 21.0. The molecule has 2 fully saturated rings. The van der Waals surface area contributed by atoms with Crippen LogP contribution in [-0.2, 0) is 10.3 Å². The molecule has 1 aliphatic heterocycles. The number of anilines is 1. The fourth-order valence-corrected chi connectivity index (χ4v) is 5.72. The predicted molar refractivity (Wildman–Crippen MR) is 118 cm³/mol. The van der Waals surface area contributed by atoms with Gasteiger partial charge in [-0.05, 0) is 69.1 Å². The topological polar surface area (TPSA) is 103 Å². The summed E-state index contributed by atoms with van der Waals surface area (Å²) < 4.78 is 26.2. The molecule has 0 bridgehead atoms. The molecule has 3 aliphatic rings. The molecular formula is C24H29FN4O3. The Balaban J connectivity index is 1.40. The quantitative estimate of drug-likeness (QED) is 0.713. The Hall–Kier alpha value is -2.90. The van der Waals surface area contributed by atoms with E-state index >= 15 is 4.39 Å². The van der Waals surface area contributed by atoms with Gasteiger partial charge in [-0.3, -0.25) is 4.79 Å². The molecule has 2 heterocycles. The summed E-state index contributed by atoms with van der Waals surface area (Å²) >= 11 is 0. The first-order valence-electron chi connectivity index (χ1n) is 11.3. The number of ether oxygens (including phenoxy) is 1. The minimum atomic E-state index is -0.887. The van der Waals surface area contributed by atoms with Crippen molar-refractivity contribution in [2.75, 3.05) is 5.32 Å². The Bertz CT molecular complexity index is 1080. The number of aromatic nitrogens is 1. The van der Waals surface area contributed by atoms with Gasteiger partial charge in [-0.15, -0.1) is 0 Å². The van der Waals surface area contributed by atoms with Crippen molar-refractivity contribution in [2.45, 2.75) is 76.4 Å². The van der Waals surface area contributed by atoms with Gasteiger partial charge in [0.2, 0.25) is 0 Å². The number of aryl methyl sites for hydroxylation is 1. The van der Waals surface area contributed by atoms with Crippen LogP contribution < -0.4 is 11.1 Å². The highest BCUT2D eigenvalue weighted by molar-refractivity contribution is 6.02. The standard InChI is InChI=1S/C24H29FN4O3/c1-15-27-19(13-31-15)20(30)28-16-4-5-18(25)17(12-16)22(2)14-24(32-21(26)29-22)10-8-23(9-11-24)6-3-7-23/h4-5,12-13H,3,6-11,14H2,1-2H3,(H2,26,29)(H,28,30)/t22-/m0/s1. The van der Waals surface area contributed by atoms with Crippen LogP contribution in [0, 0.1) is 18.2 Å². The number of amidine groups is 1. The van der Waals surface area contributed by atoms with Crippen molar-refractivity contribution in [1.82, 2.24) is 4.98 Å². The number of aliphatic imine (C=N–C) groups is 1. The lowest BCUT2D eigenvalue weighted by Crippen LogP contribution is -2.52. The molecule has 1 aromatic heterocycles. The number of halogens is 1. The van der Waals surface area contributed by atoms with Gasteiger partial charge in [0.25, 0.3) is 11.9 Å². The first-order valence-corrected chi connectivity index (χ1v) is 11.3. The van der Waals surface area contributed by atoms with E-state index in [9.17, 15) is 4.79 Å². The minimum absolute atomic E-state index is 0.107. The van der Waals surface area contributed by atoms with Crippen LogP contribution in [0.3, 0.4) is 0 Å². The van der Waals surface area contributed by atoms with E-state index in [0.717, 1.165) is 25.7 Å². The number of amides is 1. The molecule has 32 heavy (non-hydrogen) atoms. The summed E-state index contributed by atoms with van der Waals surface area (Å²) in [5.41, 5.74) is 6.31. The monoisotopic (exact) mass is 440 g/mol. The summed E-state index contributed by atoms with van der Waals surface area (Å²) in [6.45, 7) is 3.55. The van der Waals surface area contributed by atoms with Gasteiger partial charge >= 0.3 is 0 Å². The largest absolute Gasteiger partial charge is 0.459 e. The zero-order chi connectivity index (χ0) is 22.6. The maximum atomic E-state index is 15.0. The highest BCUT2D eigenvalue weighted by Crippen LogP contribution is 2.57. The van der Waals surface area contributed by atoms with Crippen LogP contribution in [0.4, 0.5) is 10.1 Å². The summed E-state index contributed by atoms with van der Waals surface area (Å²) in [7, 11) is 0. The fraction of sp³-hybridized carbons (Fsp3) is 0.542. The Morgan fingerprint density at radius 3 is 2.56 bits per heavy atom. The first kappa shape index (κ1) is 21.0. The third-order valence-corrected chi connectivity index (χ3v) is 7.64. The number of nitrogens with zero attached hydrogens (tertiary/aromatic N) is 2. The van der Waals surface area contributed by atoms with Crippen LogP contribution in [0.2, 0.25) is 0 Å². The van der Waals surface area contributed by atoms with E-state index in [1.165, 1.54) is 37.7 Å². The molecule has 3 N–H and O–H groups in total. The lowest BCUT2D eigenvalue weighted by molar-refractivity contribution is -0.0748. The molecule has 0 unspecified atom stereocenters. The van der Waals surface area contributed by atoms with Crippen LogP contribution in [-0.4, -0.2) is 22.5 Å². The van der Waals surface area contributed by atoms with Crippen LogP contribution in [0.25, 0.3) is 0 Å². The van der Waals surface area contributed by atoms with Crippen LogP contribution >= 0.6 is 0 Å². The molecule has 170 valence electrons. The molecular weight excluding hydrogens is 411 g/mol. The Morgan fingerprint density at radius 2 is 1.94 bits per heavy atom. The molecule has 1 aromatic carbocycles. The van der Waals surface area contributed by atoms with Gasteiger partial charge in [-0.1, -0.05) is 6.42 Å². The number of hydrogen-bond donors (Lipinski definition) is 2. The second kappa shape index (κ2) is 7.32. The van der Waals surface area contributed by atoms with Crippen molar-refractivity contribution < 1.29 is 18.3 Å². The number of carbonyl (C=O) groups is 1. The average Bonchev–Trinajstić information content (AvgIpc) is 3.14. The van der Waals surface area contributed by atoms with E-state index in [-0.39, 0.29) is 17.5 Å². The molecule has 7 nitrogen and oxygen atoms in total. The lowest BCUT2D eigenvalue weighted by Gasteiger charge is -2.53. The summed E-state index contributed by atoms with van der Waals surface area (Å²) in [6.07, 6.45) is 9.79. The molecule has 2 saturated carbocycles. The van der Waals surface area contributed by atoms with Gasteiger partial charge in [0.15, 0.2) is 11.6 Å². The molecule has 2 aromatic rings. The highest BCUT2D eigenvalue weighted by Gasteiger charge is 2.52. The average molecular weight is 441 g/mol. The molecule has 1 amide bonds. The molecule has 2 aliphatic carbocycles. The number of nitrogens with one attached hydrogen (secondary N) is 1. The number of hydrogen-bond acceptors (Lipinski definition) is 6. The summed E-state index contributed by atoms with van der Waals surface area (Å²) in [5, 5.41) is 2.76. The van der Waals surface area contributed by atoms with Crippen molar-refractivity contribution in [3.05, 3.63) is 47.4 Å². The maximum absolute atomic E-state index is 15.0. The van der Waals surface area contributed by atoms with Gasteiger partial charge in [0.1, 0.15) is 17.7 Å². The highest BCUT2D eigenvalue weighted by atomic mass is 19.1. The van der Waals surface area contributed by atoms with Crippen LogP contribution in [0.1, 0.15) is 80.2 Å². The normalized spacial score (nSPS) is 25.7. The van der Waals surface area contributed by atoms with Crippen molar-refractivity contribution in [3.63, 3.8) is 0 Å². The van der Waals surface area contributed by atoms with Crippen molar-refractivity contribution in [3.8, 4) is 0 Å². The van der Waals surface area contributed by atoms with Gasteiger partial charge in [0.05, 0.1) is 5.54 Å². The predicted octanol–water partition coefficient (Wildman–Crippen LogP) is 4.81. The third-order valence-electron chi connectivity index (χ3n) is 7.64. The Morgan fingerprint density at radius 1 is 1.19 bits per heavy atom. The Labute approximate surface area is 186 Å². The third kappa shape index (κ3) is 3.65. The number of carbonyl (C=O) groups excluding carboxylic acids is 1. The first-order chi connectivity index (χ1) is 15.2. The van der Waals surface area contributed by atoms with E-state index in [2.05, 4.69) is 15.3 Å². The number of oxazole rings is 1. The second-order valence-corrected chi connectivity index (χ2v) is 9.94. The maximum Gasteiger partial charge on any atom is 0.283 e. The van der Waals surface area contributed by atoms with Crippen LogP contribution in [0.15, 0.2) is 33.9 Å². The van der Waals surface area contributed by atoms with Crippen molar-refractivity contribution in [1.29, 1.82) is 0 Å². The zero-order valence-corrected chi connectivity index (χ0v) is 18.5. The molecule has 8 heteroatoms. The van der Waals surface area contributed by atoms with Crippen molar-refractivity contribution in [2.24, 2.45) is 16.1 Å². The van der Waals surface area contributed by atoms with Gasteiger partial charge in [-0.2, -0.15) is 0 Å². The molecule has 0 radical (unpaired) electrons. The Kier molecular flexibility index (Phi) is 4.80. The van der Waals surface area contributed by atoms with E-state index in [1.807, 2.05) is 6.92 Å². The van der Waals surface area contributed by atoms with Crippen LogP contribution in [0.5, 0.6) is 0 Å². The van der Waals surface area contributed by atoms with E-state index in [4.69, 9.17) is 14.9 Å². The molecule has 2 spiro atoms. The molecule has 1 atom stereocenters. The minimum Gasteiger partial charge on any atom is -0.459 e. The number of rotatable bonds is 3. The second-order valence-electron chi connectivity index (χ2n) is 9.94. The fourth-order valence-electron chi connectivity index (χ4n) is 5.72. The van der Waals surface area contributed by atoms with Gasteiger partial charge < -0.3 is 20.2 Å². The summed E-state index contributed by atoms with van der Waals surface area (Å²) in [5.74, 6) is -0.410. The van der Waals surface area contributed by atoms with E-state index in [1.54, 1.807) is 13.0 Å². The number of benzene rings is 1. The van der Waals surface area contributed by atoms with Gasteiger partial charge in [-0.25, -0.2) is 14.4 Å². The molecule has 0 saturated heterocycles. The smallest absolute Gasteiger partial charge is 0.283 e. The van der Waals surface area contributed by atoms with E-state index < -0.39 is 17.0 Å². The van der Waals surface area contributed by atoms with E-state index in [0.29, 0.717) is 29.0 Å². The lowest BCUT2D eigenvalue weighted by atomic mass is 9.57. The molecule has 5 rings (SSSR count). The van der Waals surface area contributed by atoms with Gasteiger partial charge in [0, 0.05) is 24.6 Å². The number of nitrogens with two attached hydrogens (primary N) is 1. The zero-order valence-electron chi connectivity index (χ0n) is 18.5. The SMILES string of the molecule is Cc1nc(C(=O)Nc2ccc(F)c([C@]3(C)CC4(CCC5(CCC5)CC4)OC(N)=N3)c2)co1. The summed E-state index contributed by atoms with van der Waals surface area (Å²) in [6, 6.07) is 4.61.